The number of hydrogen-bond donors (Lipinski definition) is 2. The van der Waals surface area contributed by atoms with Crippen LogP contribution in [0.3, 0.4) is 0 Å². The fourth-order valence-electron chi connectivity index (χ4n) is 2.99. The molecule has 0 saturated carbocycles. The molecule has 0 radical (unpaired) electrons. The fourth-order valence-corrected chi connectivity index (χ4v) is 4.21. The van der Waals surface area contributed by atoms with Crippen LogP contribution in [0.5, 0.6) is 0 Å². The molecule has 2 N–H and O–H groups in total. The van der Waals surface area contributed by atoms with E-state index in [1.54, 1.807) is 13.0 Å². The molecule has 154 valence electrons. The van der Waals surface area contributed by atoms with Crippen molar-refractivity contribution in [1.82, 2.24) is 14.9 Å². The molecule has 1 saturated heterocycles. The number of piperidine rings is 1. The highest BCUT2D eigenvalue weighted by molar-refractivity contribution is 7.92. The maximum Gasteiger partial charge on any atom is 0.242 e. The number of sulfonamides is 1. The minimum atomic E-state index is -3.52. The Morgan fingerprint density at radius 1 is 1.21 bits per heavy atom. The van der Waals surface area contributed by atoms with Crippen molar-refractivity contribution in [3.8, 4) is 0 Å². The van der Waals surface area contributed by atoms with Crippen molar-refractivity contribution in [3.05, 3.63) is 41.3 Å². The van der Waals surface area contributed by atoms with Gasteiger partial charge in [-0.05, 0) is 37.8 Å². The molecular weight excluding hydrogens is 378 g/mol. The lowest BCUT2D eigenvalue weighted by Gasteiger charge is -2.30. The monoisotopic (exact) mass is 407 g/mol. The second-order valence-electron chi connectivity index (χ2n) is 6.95. The number of benzene rings is 1. The van der Waals surface area contributed by atoms with Crippen molar-refractivity contribution >= 4 is 27.9 Å². The van der Waals surface area contributed by atoms with Gasteiger partial charge >= 0.3 is 0 Å². The molecule has 0 aromatic heterocycles. The number of nitrogens with one attached hydrogen (secondary N) is 2. The number of rotatable bonds is 8. The van der Waals surface area contributed by atoms with Crippen molar-refractivity contribution < 1.29 is 18.0 Å². The van der Waals surface area contributed by atoms with E-state index in [-0.39, 0.29) is 30.8 Å². The van der Waals surface area contributed by atoms with Crippen LogP contribution in [0.2, 0.25) is 0 Å². The summed E-state index contributed by atoms with van der Waals surface area (Å²) in [6.07, 6.45) is 3.28. The van der Waals surface area contributed by atoms with Gasteiger partial charge in [-0.25, -0.2) is 8.42 Å². The van der Waals surface area contributed by atoms with Gasteiger partial charge < -0.3 is 10.6 Å². The Bertz CT molecular complexity index is 785. The Labute approximate surface area is 167 Å². The van der Waals surface area contributed by atoms with Crippen molar-refractivity contribution in [3.63, 3.8) is 0 Å². The maximum atomic E-state index is 12.5. The number of amides is 2. The maximum absolute atomic E-state index is 12.5. The molecule has 1 fully saturated rings. The van der Waals surface area contributed by atoms with Gasteiger partial charge in [0.1, 0.15) is 6.04 Å². The zero-order valence-electron chi connectivity index (χ0n) is 16.4. The van der Waals surface area contributed by atoms with E-state index in [0.29, 0.717) is 19.4 Å². The molecule has 7 nitrogen and oxygen atoms in total. The van der Waals surface area contributed by atoms with Crippen LogP contribution in [-0.2, 0) is 19.6 Å². The summed E-state index contributed by atoms with van der Waals surface area (Å²) in [7, 11) is -3.52. The SMILES string of the molecule is CCCNC(=O)[C@H](C)NC(=O)C1CCN(S(=O)(=O)/C=C/c2ccccc2)CC1. The largest absolute Gasteiger partial charge is 0.354 e. The first-order chi connectivity index (χ1) is 13.3. The van der Waals surface area contributed by atoms with Crippen molar-refractivity contribution in [1.29, 1.82) is 0 Å². The smallest absolute Gasteiger partial charge is 0.242 e. The van der Waals surface area contributed by atoms with E-state index in [2.05, 4.69) is 10.6 Å². The molecule has 1 aromatic carbocycles. The molecule has 0 unspecified atom stereocenters. The molecule has 1 aliphatic rings. The van der Waals surface area contributed by atoms with Gasteiger partial charge in [0, 0.05) is 31.0 Å². The molecule has 1 heterocycles. The van der Waals surface area contributed by atoms with E-state index in [9.17, 15) is 18.0 Å². The molecular formula is C20H29N3O4S. The lowest BCUT2D eigenvalue weighted by molar-refractivity contribution is -0.131. The molecule has 0 aliphatic carbocycles. The number of nitrogens with zero attached hydrogens (tertiary/aromatic N) is 1. The van der Waals surface area contributed by atoms with Gasteiger partial charge in [-0.1, -0.05) is 37.3 Å². The van der Waals surface area contributed by atoms with Crippen LogP contribution in [-0.4, -0.2) is 50.2 Å². The molecule has 2 amide bonds. The lowest BCUT2D eigenvalue weighted by Crippen LogP contribution is -2.49. The predicted molar refractivity (Wildman–Crippen MR) is 110 cm³/mol. The van der Waals surface area contributed by atoms with Crippen LogP contribution in [0.15, 0.2) is 35.7 Å². The Morgan fingerprint density at radius 2 is 1.86 bits per heavy atom. The van der Waals surface area contributed by atoms with Crippen molar-refractivity contribution in [2.45, 2.75) is 39.2 Å². The number of carbonyl (C=O) groups is 2. The van der Waals surface area contributed by atoms with Gasteiger partial charge in [-0.15, -0.1) is 0 Å². The first kappa shape index (κ1) is 22.1. The standard InChI is InChI=1S/C20H29N3O4S/c1-3-12-21-19(24)16(2)22-20(25)18-9-13-23(14-10-18)28(26,27)15-11-17-7-5-4-6-8-17/h4-8,11,15-16,18H,3,9-10,12-14H2,1-2H3,(H,21,24)(H,22,25)/b15-11+/t16-/m0/s1. The van der Waals surface area contributed by atoms with E-state index >= 15 is 0 Å². The molecule has 28 heavy (non-hydrogen) atoms. The minimum absolute atomic E-state index is 0.198. The highest BCUT2D eigenvalue weighted by Crippen LogP contribution is 2.21. The van der Waals surface area contributed by atoms with Crippen molar-refractivity contribution in [2.24, 2.45) is 5.92 Å². The Balaban J connectivity index is 1.85. The van der Waals surface area contributed by atoms with E-state index in [1.807, 2.05) is 37.3 Å². The average molecular weight is 408 g/mol. The van der Waals surface area contributed by atoms with Crippen LogP contribution in [0.1, 0.15) is 38.7 Å². The number of carbonyl (C=O) groups excluding carboxylic acids is 2. The van der Waals surface area contributed by atoms with Gasteiger partial charge in [0.2, 0.25) is 21.8 Å². The van der Waals surface area contributed by atoms with E-state index in [4.69, 9.17) is 0 Å². The summed E-state index contributed by atoms with van der Waals surface area (Å²) < 4.78 is 26.4. The van der Waals surface area contributed by atoms with Crippen molar-refractivity contribution in [2.75, 3.05) is 19.6 Å². The summed E-state index contributed by atoms with van der Waals surface area (Å²) in [4.78, 5) is 24.3. The van der Waals surface area contributed by atoms with Crippen LogP contribution < -0.4 is 10.6 Å². The third-order valence-corrected chi connectivity index (χ3v) is 6.28. The summed E-state index contributed by atoms with van der Waals surface area (Å²) in [6, 6.07) is 8.63. The summed E-state index contributed by atoms with van der Waals surface area (Å²) in [5.41, 5.74) is 0.815. The van der Waals surface area contributed by atoms with Gasteiger partial charge in [0.05, 0.1) is 0 Å². The normalized spacial score (nSPS) is 17.4. The Kier molecular flexibility index (Phi) is 8.19. The molecule has 1 aromatic rings. The molecule has 0 spiro atoms. The second kappa shape index (κ2) is 10.4. The highest BCUT2D eigenvalue weighted by atomic mass is 32.2. The summed E-state index contributed by atoms with van der Waals surface area (Å²) in [6.45, 7) is 4.76. The molecule has 0 bridgehead atoms. The van der Waals surface area contributed by atoms with Gasteiger partial charge in [0.15, 0.2) is 0 Å². The molecule has 2 rings (SSSR count). The minimum Gasteiger partial charge on any atom is -0.354 e. The zero-order chi connectivity index (χ0) is 20.6. The average Bonchev–Trinajstić information content (AvgIpc) is 2.71. The first-order valence-corrected chi connectivity index (χ1v) is 11.1. The van der Waals surface area contributed by atoms with E-state index in [1.165, 1.54) is 9.71 Å². The Morgan fingerprint density at radius 3 is 2.46 bits per heavy atom. The van der Waals surface area contributed by atoms with Crippen LogP contribution in [0, 0.1) is 5.92 Å². The van der Waals surface area contributed by atoms with Crippen LogP contribution >= 0.6 is 0 Å². The highest BCUT2D eigenvalue weighted by Gasteiger charge is 2.31. The summed E-state index contributed by atoms with van der Waals surface area (Å²) in [5.74, 6) is -0.691. The molecule has 1 aliphatic heterocycles. The lowest BCUT2D eigenvalue weighted by atomic mass is 9.97. The third kappa shape index (κ3) is 6.45. The van der Waals surface area contributed by atoms with Crippen LogP contribution in [0.25, 0.3) is 6.08 Å². The molecule has 1 atom stereocenters. The third-order valence-electron chi connectivity index (χ3n) is 4.72. The quantitative estimate of drug-likeness (QED) is 0.686. The summed E-state index contributed by atoms with van der Waals surface area (Å²) >= 11 is 0. The predicted octanol–water partition coefficient (Wildman–Crippen LogP) is 1.73. The summed E-state index contributed by atoms with van der Waals surface area (Å²) in [5, 5.41) is 6.68. The first-order valence-electron chi connectivity index (χ1n) is 9.65. The zero-order valence-corrected chi connectivity index (χ0v) is 17.2. The van der Waals surface area contributed by atoms with Gasteiger partial charge in [-0.3, -0.25) is 9.59 Å². The van der Waals surface area contributed by atoms with E-state index < -0.39 is 16.1 Å². The van der Waals surface area contributed by atoms with Gasteiger partial charge in [0.25, 0.3) is 0 Å². The van der Waals surface area contributed by atoms with E-state index in [0.717, 1.165) is 12.0 Å². The fraction of sp³-hybridized carbons (Fsp3) is 0.500. The van der Waals surface area contributed by atoms with Gasteiger partial charge in [-0.2, -0.15) is 4.31 Å². The van der Waals surface area contributed by atoms with Crippen LogP contribution in [0.4, 0.5) is 0 Å². The topological polar surface area (TPSA) is 95.6 Å². The second-order valence-corrected chi connectivity index (χ2v) is 8.77. The number of hydrogen-bond acceptors (Lipinski definition) is 4. The molecule has 8 heteroatoms. The Hall–Kier alpha value is -2.19.